The third kappa shape index (κ3) is 5.92. The Balaban J connectivity index is 1.63. The summed E-state index contributed by atoms with van der Waals surface area (Å²) in [5.74, 6) is 1.53. The standard InChI is InChI=1S/C19H27NO2/c1-2-3-14-22-18-10-8-16(9-11-18)12-13-20-19(21)15-17-6-4-5-7-17/h4,6,8-11,17H,2-3,5,7,12-15H2,1H3,(H,20,21). The van der Waals surface area contributed by atoms with Gasteiger partial charge in [0.25, 0.3) is 0 Å². The monoisotopic (exact) mass is 301 g/mol. The second kappa shape index (κ2) is 9.29. The summed E-state index contributed by atoms with van der Waals surface area (Å²) < 4.78 is 5.64. The minimum Gasteiger partial charge on any atom is -0.494 e. The average Bonchev–Trinajstić information content (AvgIpc) is 3.02. The summed E-state index contributed by atoms with van der Waals surface area (Å²) in [4.78, 5) is 11.8. The number of hydrogen-bond donors (Lipinski definition) is 1. The summed E-state index contributed by atoms with van der Waals surface area (Å²) >= 11 is 0. The highest BCUT2D eigenvalue weighted by molar-refractivity contribution is 5.76. The normalized spacial score (nSPS) is 16.7. The molecule has 1 atom stereocenters. The van der Waals surface area contributed by atoms with Gasteiger partial charge in [0, 0.05) is 13.0 Å². The van der Waals surface area contributed by atoms with E-state index in [-0.39, 0.29) is 5.91 Å². The van der Waals surface area contributed by atoms with E-state index in [1.165, 1.54) is 5.56 Å². The highest BCUT2D eigenvalue weighted by Crippen LogP contribution is 2.20. The molecule has 1 aromatic carbocycles. The molecule has 0 spiro atoms. The molecular weight excluding hydrogens is 274 g/mol. The minimum atomic E-state index is 0.163. The summed E-state index contributed by atoms with van der Waals surface area (Å²) in [6.45, 7) is 3.64. The van der Waals surface area contributed by atoms with E-state index in [1.807, 2.05) is 12.1 Å². The van der Waals surface area contributed by atoms with Gasteiger partial charge in [-0.2, -0.15) is 0 Å². The van der Waals surface area contributed by atoms with E-state index in [9.17, 15) is 4.79 Å². The SMILES string of the molecule is CCCCOc1ccc(CCNC(=O)CC2C=CCC2)cc1. The molecule has 22 heavy (non-hydrogen) atoms. The van der Waals surface area contributed by atoms with Crippen LogP contribution >= 0.6 is 0 Å². The maximum atomic E-state index is 11.8. The Bertz CT molecular complexity index is 479. The molecule has 1 N–H and O–H groups in total. The summed E-state index contributed by atoms with van der Waals surface area (Å²) in [5.41, 5.74) is 1.23. The molecule has 1 aliphatic rings. The summed E-state index contributed by atoms with van der Waals surface area (Å²) in [6.07, 6.45) is 10.3. The molecule has 0 radical (unpaired) electrons. The first-order valence-corrected chi connectivity index (χ1v) is 8.43. The molecule has 120 valence electrons. The molecule has 0 aliphatic heterocycles. The van der Waals surface area contributed by atoms with E-state index in [0.717, 1.165) is 44.5 Å². The zero-order chi connectivity index (χ0) is 15.6. The maximum absolute atomic E-state index is 11.8. The molecule has 3 heteroatoms. The molecule has 0 heterocycles. The van der Waals surface area contributed by atoms with Gasteiger partial charge in [-0.3, -0.25) is 4.79 Å². The summed E-state index contributed by atoms with van der Waals surface area (Å²) in [6, 6.07) is 8.17. The van der Waals surface area contributed by atoms with Crippen LogP contribution in [0.25, 0.3) is 0 Å². The van der Waals surface area contributed by atoms with Gasteiger partial charge in [-0.15, -0.1) is 0 Å². The van der Waals surface area contributed by atoms with Gasteiger partial charge in [0.05, 0.1) is 6.61 Å². The van der Waals surface area contributed by atoms with Gasteiger partial charge < -0.3 is 10.1 Å². The topological polar surface area (TPSA) is 38.3 Å². The van der Waals surface area contributed by atoms with Gasteiger partial charge in [0.1, 0.15) is 5.75 Å². The van der Waals surface area contributed by atoms with Crippen LogP contribution < -0.4 is 10.1 Å². The maximum Gasteiger partial charge on any atom is 0.220 e. The molecule has 0 bridgehead atoms. The number of allylic oxidation sites excluding steroid dienone is 2. The third-order valence-corrected chi connectivity index (χ3v) is 3.99. The Morgan fingerprint density at radius 1 is 1.32 bits per heavy atom. The highest BCUT2D eigenvalue weighted by Gasteiger charge is 2.13. The smallest absolute Gasteiger partial charge is 0.220 e. The number of ether oxygens (including phenoxy) is 1. The molecule has 0 saturated heterocycles. The molecule has 1 aliphatic carbocycles. The quantitative estimate of drug-likeness (QED) is 0.555. The van der Waals surface area contributed by atoms with Crippen molar-refractivity contribution < 1.29 is 9.53 Å². The van der Waals surface area contributed by atoms with Gasteiger partial charge in [0.2, 0.25) is 5.91 Å². The molecule has 3 nitrogen and oxygen atoms in total. The molecular formula is C19H27NO2. The predicted molar refractivity (Wildman–Crippen MR) is 90.0 cm³/mol. The lowest BCUT2D eigenvalue weighted by Gasteiger charge is -2.09. The van der Waals surface area contributed by atoms with Crippen molar-refractivity contribution >= 4 is 5.91 Å². The van der Waals surface area contributed by atoms with E-state index >= 15 is 0 Å². The zero-order valence-corrected chi connectivity index (χ0v) is 13.5. The first-order chi connectivity index (χ1) is 10.8. The Morgan fingerprint density at radius 2 is 2.14 bits per heavy atom. The fourth-order valence-electron chi connectivity index (χ4n) is 2.61. The number of carbonyl (C=O) groups is 1. The van der Waals surface area contributed by atoms with Gasteiger partial charge in [-0.1, -0.05) is 37.6 Å². The van der Waals surface area contributed by atoms with E-state index < -0.39 is 0 Å². The van der Waals surface area contributed by atoms with Gasteiger partial charge >= 0.3 is 0 Å². The lowest BCUT2D eigenvalue weighted by molar-refractivity contribution is -0.121. The van der Waals surface area contributed by atoms with Crippen molar-refractivity contribution in [1.82, 2.24) is 5.32 Å². The van der Waals surface area contributed by atoms with Crippen LogP contribution in [0.4, 0.5) is 0 Å². The lowest BCUT2D eigenvalue weighted by Crippen LogP contribution is -2.26. The fraction of sp³-hybridized carbons (Fsp3) is 0.526. The Hall–Kier alpha value is -1.77. The van der Waals surface area contributed by atoms with Crippen molar-refractivity contribution in [3.8, 4) is 5.75 Å². The van der Waals surface area contributed by atoms with Crippen LogP contribution in [0.2, 0.25) is 0 Å². The van der Waals surface area contributed by atoms with Gasteiger partial charge in [0.15, 0.2) is 0 Å². The second-order valence-corrected chi connectivity index (χ2v) is 5.92. The van der Waals surface area contributed by atoms with Crippen molar-refractivity contribution in [2.45, 2.75) is 45.4 Å². The molecule has 0 fully saturated rings. The number of nitrogens with one attached hydrogen (secondary N) is 1. The van der Waals surface area contributed by atoms with Crippen molar-refractivity contribution in [3.63, 3.8) is 0 Å². The molecule has 2 rings (SSSR count). The molecule has 0 aromatic heterocycles. The van der Waals surface area contributed by atoms with Crippen LogP contribution in [0.15, 0.2) is 36.4 Å². The van der Waals surface area contributed by atoms with Crippen LogP contribution in [-0.4, -0.2) is 19.1 Å². The average molecular weight is 301 g/mol. The van der Waals surface area contributed by atoms with Crippen LogP contribution in [0, 0.1) is 5.92 Å². The van der Waals surface area contributed by atoms with E-state index in [0.29, 0.717) is 18.9 Å². The second-order valence-electron chi connectivity index (χ2n) is 5.92. The van der Waals surface area contributed by atoms with Gasteiger partial charge in [-0.05, 0) is 49.3 Å². The predicted octanol–water partition coefficient (Wildman–Crippen LogP) is 3.88. The van der Waals surface area contributed by atoms with Crippen molar-refractivity contribution in [2.75, 3.05) is 13.2 Å². The fourth-order valence-corrected chi connectivity index (χ4v) is 2.61. The Morgan fingerprint density at radius 3 is 2.82 bits per heavy atom. The third-order valence-electron chi connectivity index (χ3n) is 3.99. The lowest BCUT2D eigenvalue weighted by atomic mass is 10.1. The number of amides is 1. The van der Waals surface area contributed by atoms with Crippen LogP contribution in [0.3, 0.4) is 0 Å². The van der Waals surface area contributed by atoms with Crippen LogP contribution in [0.1, 0.15) is 44.6 Å². The zero-order valence-electron chi connectivity index (χ0n) is 13.5. The van der Waals surface area contributed by atoms with Crippen LogP contribution in [-0.2, 0) is 11.2 Å². The molecule has 1 unspecified atom stereocenters. The summed E-state index contributed by atoms with van der Waals surface area (Å²) in [5, 5.41) is 3.01. The van der Waals surface area contributed by atoms with E-state index in [2.05, 4.69) is 36.5 Å². The number of unbranched alkanes of at least 4 members (excludes halogenated alkanes) is 1. The van der Waals surface area contributed by atoms with Crippen molar-refractivity contribution in [1.29, 1.82) is 0 Å². The number of carbonyl (C=O) groups excluding carboxylic acids is 1. The number of hydrogen-bond acceptors (Lipinski definition) is 2. The van der Waals surface area contributed by atoms with Crippen LogP contribution in [0.5, 0.6) is 5.75 Å². The van der Waals surface area contributed by atoms with Gasteiger partial charge in [-0.25, -0.2) is 0 Å². The van der Waals surface area contributed by atoms with E-state index in [1.54, 1.807) is 0 Å². The number of rotatable bonds is 9. The first-order valence-electron chi connectivity index (χ1n) is 8.43. The minimum absolute atomic E-state index is 0.163. The Labute approximate surface area is 133 Å². The molecule has 1 amide bonds. The Kier molecular flexibility index (Phi) is 7.01. The molecule has 0 saturated carbocycles. The summed E-state index contributed by atoms with van der Waals surface area (Å²) in [7, 11) is 0. The van der Waals surface area contributed by atoms with E-state index in [4.69, 9.17) is 4.74 Å². The largest absolute Gasteiger partial charge is 0.494 e. The number of benzene rings is 1. The highest BCUT2D eigenvalue weighted by atomic mass is 16.5. The van der Waals surface area contributed by atoms with Crippen molar-refractivity contribution in [3.05, 3.63) is 42.0 Å². The first kappa shape index (κ1) is 16.6. The molecule has 1 aromatic rings. The van der Waals surface area contributed by atoms with Crippen molar-refractivity contribution in [2.24, 2.45) is 5.92 Å².